The van der Waals surface area contributed by atoms with Crippen LogP contribution >= 0.6 is 0 Å². The minimum atomic E-state index is -1.16. The fourth-order valence-corrected chi connectivity index (χ4v) is 4.69. The molecule has 1 aliphatic carbocycles. The molecule has 1 heterocycles. The number of nitrogens with one attached hydrogen (secondary N) is 1. The maximum Gasteiger partial charge on any atom is 0.407 e. The van der Waals surface area contributed by atoms with Crippen LogP contribution in [0.2, 0.25) is 0 Å². The number of oxazole rings is 1. The molecule has 0 unspecified atom stereocenters. The molecule has 1 aliphatic rings. The third-order valence-electron chi connectivity index (χ3n) is 6.41. The van der Waals surface area contributed by atoms with Crippen LogP contribution in [-0.2, 0) is 22.6 Å². The number of benzene rings is 3. The summed E-state index contributed by atoms with van der Waals surface area (Å²) in [6.45, 7) is -0.437. The van der Waals surface area contributed by atoms with E-state index in [1.807, 2.05) is 42.5 Å². The molecule has 3 aromatic carbocycles. The van der Waals surface area contributed by atoms with Gasteiger partial charge in [-0.25, -0.2) is 9.78 Å². The molecule has 2 amide bonds. The van der Waals surface area contributed by atoms with E-state index in [2.05, 4.69) is 22.4 Å². The van der Waals surface area contributed by atoms with Crippen molar-refractivity contribution in [3.05, 3.63) is 113 Å². The van der Waals surface area contributed by atoms with Gasteiger partial charge in [0.15, 0.2) is 17.8 Å². The predicted molar refractivity (Wildman–Crippen MR) is 137 cm³/mol. The van der Waals surface area contributed by atoms with Crippen molar-refractivity contribution in [1.82, 2.24) is 15.2 Å². The molecule has 0 atom stereocenters. The summed E-state index contributed by atoms with van der Waals surface area (Å²) in [5, 5.41) is 11.9. The number of nitrogens with zero attached hydrogens (tertiary/aromatic N) is 2. The number of aliphatic carboxylic acids is 1. The Morgan fingerprint density at radius 3 is 2.21 bits per heavy atom. The number of aromatic nitrogens is 1. The van der Waals surface area contributed by atoms with E-state index in [1.165, 1.54) is 0 Å². The molecule has 0 radical (unpaired) electrons. The van der Waals surface area contributed by atoms with Gasteiger partial charge in [0.2, 0.25) is 0 Å². The number of amides is 2. The van der Waals surface area contributed by atoms with Gasteiger partial charge in [-0.1, -0.05) is 78.9 Å². The van der Waals surface area contributed by atoms with Crippen molar-refractivity contribution in [2.75, 3.05) is 13.2 Å². The Labute approximate surface area is 218 Å². The first kappa shape index (κ1) is 24.8. The van der Waals surface area contributed by atoms with Gasteiger partial charge in [-0.3, -0.25) is 9.59 Å². The van der Waals surface area contributed by atoms with Gasteiger partial charge in [0.1, 0.15) is 13.2 Å². The highest BCUT2D eigenvalue weighted by molar-refractivity contribution is 5.95. The fourth-order valence-electron chi connectivity index (χ4n) is 4.69. The summed E-state index contributed by atoms with van der Waals surface area (Å²) in [5.41, 5.74) is 5.15. The third kappa shape index (κ3) is 5.27. The summed E-state index contributed by atoms with van der Waals surface area (Å²) in [6, 6.07) is 25.1. The van der Waals surface area contributed by atoms with E-state index in [0.29, 0.717) is 0 Å². The lowest BCUT2D eigenvalue weighted by Crippen LogP contribution is -2.36. The van der Waals surface area contributed by atoms with Crippen LogP contribution in [0.25, 0.3) is 11.1 Å². The lowest BCUT2D eigenvalue weighted by atomic mass is 9.98. The molecular weight excluding hydrogens is 486 g/mol. The topological polar surface area (TPSA) is 122 Å². The number of carbonyl (C=O) groups is 3. The number of carbonyl (C=O) groups excluding carboxylic acids is 2. The van der Waals surface area contributed by atoms with Gasteiger partial charge in [0.05, 0.1) is 6.54 Å². The van der Waals surface area contributed by atoms with Crippen molar-refractivity contribution >= 4 is 18.0 Å². The third-order valence-corrected chi connectivity index (χ3v) is 6.41. The smallest absolute Gasteiger partial charge is 0.407 e. The number of hydrogen-bond acceptors (Lipinski definition) is 6. The average molecular weight is 512 g/mol. The summed E-state index contributed by atoms with van der Waals surface area (Å²) < 4.78 is 10.9. The number of ether oxygens (including phenoxy) is 1. The first-order chi connectivity index (χ1) is 18.5. The molecule has 192 valence electrons. The molecule has 9 nitrogen and oxygen atoms in total. The molecule has 4 aromatic rings. The number of rotatable bonds is 9. The molecule has 0 saturated carbocycles. The highest BCUT2D eigenvalue weighted by Crippen LogP contribution is 2.44. The normalized spacial score (nSPS) is 11.9. The van der Waals surface area contributed by atoms with Crippen LogP contribution in [0.5, 0.6) is 0 Å². The Morgan fingerprint density at radius 1 is 0.921 bits per heavy atom. The van der Waals surface area contributed by atoms with E-state index in [1.54, 1.807) is 24.3 Å². The van der Waals surface area contributed by atoms with Crippen molar-refractivity contribution in [3.8, 4) is 11.1 Å². The predicted octanol–water partition coefficient (Wildman–Crippen LogP) is 4.44. The van der Waals surface area contributed by atoms with E-state index in [9.17, 15) is 19.5 Å². The summed E-state index contributed by atoms with van der Waals surface area (Å²) in [7, 11) is 0. The monoisotopic (exact) mass is 511 g/mol. The van der Waals surface area contributed by atoms with Gasteiger partial charge < -0.3 is 24.5 Å². The van der Waals surface area contributed by atoms with Crippen molar-refractivity contribution in [1.29, 1.82) is 0 Å². The first-order valence-corrected chi connectivity index (χ1v) is 12.1. The zero-order valence-electron chi connectivity index (χ0n) is 20.4. The van der Waals surface area contributed by atoms with Crippen LogP contribution < -0.4 is 5.32 Å². The number of alkyl carbamates (subject to hydrolysis) is 1. The number of fused-ring (bicyclic) bond motifs is 3. The molecule has 0 saturated heterocycles. The second kappa shape index (κ2) is 11.0. The number of carboxylic acids is 1. The molecule has 2 N–H and O–H groups in total. The van der Waals surface area contributed by atoms with E-state index < -0.39 is 24.5 Å². The molecule has 0 bridgehead atoms. The van der Waals surface area contributed by atoms with Crippen molar-refractivity contribution < 1.29 is 28.6 Å². The standard InChI is InChI=1S/C29H25N3O6/c33-26(34)16-32(15-19-8-2-1-3-9-19)28(35)27-25(38-18-31-27)14-30-29(36)37-17-24-22-12-6-4-10-20(22)21-11-5-7-13-23(21)24/h1-13,18,24H,14-17H2,(H,30,36)(H,33,34). The fraction of sp³-hybridized carbons (Fsp3) is 0.172. The summed E-state index contributed by atoms with van der Waals surface area (Å²) in [4.78, 5) is 42.2. The maximum atomic E-state index is 13.1. The van der Waals surface area contributed by atoms with Gasteiger partial charge in [0.25, 0.3) is 5.91 Å². The highest BCUT2D eigenvalue weighted by Gasteiger charge is 2.29. The maximum absolute atomic E-state index is 13.1. The van der Waals surface area contributed by atoms with Crippen LogP contribution in [0.15, 0.2) is 89.7 Å². The molecule has 0 fully saturated rings. The summed E-state index contributed by atoms with van der Waals surface area (Å²) >= 11 is 0. The number of carboxylic acid groups (broad SMARTS) is 1. The quantitative estimate of drug-likeness (QED) is 0.341. The van der Waals surface area contributed by atoms with Gasteiger partial charge in [0, 0.05) is 12.5 Å². The lowest BCUT2D eigenvalue weighted by molar-refractivity contribution is -0.137. The minimum absolute atomic E-state index is 0.0684. The van der Waals surface area contributed by atoms with Crippen LogP contribution in [0.3, 0.4) is 0 Å². The summed E-state index contributed by atoms with van der Waals surface area (Å²) in [6.07, 6.45) is 0.414. The van der Waals surface area contributed by atoms with Crippen LogP contribution in [0, 0.1) is 0 Å². The second-order valence-corrected chi connectivity index (χ2v) is 8.84. The van der Waals surface area contributed by atoms with Crippen LogP contribution in [-0.4, -0.2) is 46.1 Å². The van der Waals surface area contributed by atoms with Crippen molar-refractivity contribution in [2.45, 2.75) is 19.0 Å². The van der Waals surface area contributed by atoms with E-state index in [0.717, 1.165) is 39.1 Å². The Morgan fingerprint density at radius 2 is 1.55 bits per heavy atom. The lowest BCUT2D eigenvalue weighted by Gasteiger charge is -2.20. The van der Waals surface area contributed by atoms with Crippen molar-refractivity contribution in [2.24, 2.45) is 0 Å². The van der Waals surface area contributed by atoms with E-state index in [4.69, 9.17) is 9.15 Å². The SMILES string of the molecule is O=C(O)CN(Cc1ccccc1)C(=O)c1ncoc1CNC(=O)OCC1c2ccccc2-c2ccccc21. The molecule has 5 rings (SSSR count). The van der Waals surface area contributed by atoms with E-state index in [-0.39, 0.29) is 37.1 Å². The van der Waals surface area contributed by atoms with Gasteiger partial charge >= 0.3 is 12.1 Å². The largest absolute Gasteiger partial charge is 0.480 e. The molecule has 9 heteroatoms. The van der Waals surface area contributed by atoms with Gasteiger partial charge in [-0.15, -0.1) is 0 Å². The zero-order chi connectivity index (χ0) is 26.5. The van der Waals surface area contributed by atoms with E-state index >= 15 is 0 Å². The van der Waals surface area contributed by atoms with Gasteiger partial charge in [-0.2, -0.15) is 0 Å². The number of hydrogen-bond donors (Lipinski definition) is 2. The van der Waals surface area contributed by atoms with Crippen LogP contribution in [0.1, 0.15) is 38.9 Å². The first-order valence-electron chi connectivity index (χ1n) is 12.1. The molecular formula is C29H25N3O6. The Kier molecular flexibility index (Phi) is 7.17. The second-order valence-electron chi connectivity index (χ2n) is 8.84. The molecule has 1 aromatic heterocycles. The Bertz CT molecular complexity index is 1420. The van der Waals surface area contributed by atoms with Gasteiger partial charge in [-0.05, 0) is 27.8 Å². The Hall–Kier alpha value is -4.92. The highest BCUT2D eigenvalue weighted by atomic mass is 16.5. The van der Waals surface area contributed by atoms with Crippen molar-refractivity contribution in [3.63, 3.8) is 0 Å². The molecule has 38 heavy (non-hydrogen) atoms. The zero-order valence-corrected chi connectivity index (χ0v) is 20.4. The van der Waals surface area contributed by atoms with Crippen LogP contribution in [0.4, 0.5) is 4.79 Å². The summed E-state index contributed by atoms with van der Waals surface area (Å²) in [5.74, 6) is -1.75. The Balaban J connectivity index is 1.22. The minimum Gasteiger partial charge on any atom is -0.480 e. The molecule has 0 spiro atoms. The average Bonchev–Trinajstić information content (AvgIpc) is 3.53. The molecule has 0 aliphatic heterocycles.